The van der Waals surface area contributed by atoms with E-state index in [4.69, 9.17) is 14.2 Å². The predicted molar refractivity (Wildman–Crippen MR) is 116 cm³/mol. The highest BCUT2D eigenvalue weighted by Crippen LogP contribution is 2.36. The molecule has 4 N–H and O–H groups in total. The molecule has 0 radical (unpaired) electrons. The number of methoxy groups -OCH3 is 1. The van der Waals surface area contributed by atoms with Gasteiger partial charge in [-0.2, -0.15) is 5.10 Å². The van der Waals surface area contributed by atoms with Crippen LogP contribution in [0.5, 0.6) is 17.2 Å². The van der Waals surface area contributed by atoms with E-state index in [1.54, 1.807) is 6.07 Å². The molecule has 11 nitrogen and oxygen atoms in total. The van der Waals surface area contributed by atoms with Gasteiger partial charge in [-0.25, -0.2) is 9.18 Å². The van der Waals surface area contributed by atoms with Gasteiger partial charge >= 0.3 is 6.09 Å². The molecular formula is C22H25FN4O7. The highest BCUT2D eigenvalue weighted by Gasteiger charge is 2.40. The Bertz CT molecular complexity index is 1080. The van der Waals surface area contributed by atoms with Gasteiger partial charge in [-0.1, -0.05) is 0 Å². The van der Waals surface area contributed by atoms with Crippen LogP contribution in [0.15, 0.2) is 18.2 Å². The molecule has 2 aromatic rings. The van der Waals surface area contributed by atoms with Crippen molar-refractivity contribution in [2.75, 3.05) is 19.0 Å². The highest BCUT2D eigenvalue weighted by molar-refractivity contribution is 5.91. The van der Waals surface area contributed by atoms with Crippen LogP contribution in [-0.4, -0.2) is 65.6 Å². The van der Waals surface area contributed by atoms with Gasteiger partial charge in [0.25, 0.3) is 5.91 Å². The zero-order valence-electron chi connectivity index (χ0n) is 18.4. The smallest absolute Gasteiger partial charge is 0.407 e. The number of amides is 2. The minimum atomic E-state index is -0.984. The lowest BCUT2D eigenvalue weighted by Gasteiger charge is -2.12. The summed E-state index contributed by atoms with van der Waals surface area (Å²) in [5.74, 6) is -0.208. The topological polar surface area (TPSA) is 152 Å². The largest absolute Gasteiger partial charge is 0.507 e. The molecule has 1 aromatic heterocycles. The van der Waals surface area contributed by atoms with Crippen LogP contribution in [0.4, 0.5) is 15.0 Å². The molecule has 34 heavy (non-hydrogen) atoms. The number of aromatic nitrogens is 2. The van der Waals surface area contributed by atoms with Gasteiger partial charge in [0.1, 0.15) is 29.5 Å². The first-order valence-corrected chi connectivity index (χ1v) is 10.8. The van der Waals surface area contributed by atoms with Crippen LogP contribution in [0.1, 0.15) is 47.7 Å². The van der Waals surface area contributed by atoms with Gasteiger partial charge in [-0.15, -0.1) is 0 Å². The minimum Gasteiger partial charge on any atom is -0.507 e. The maximum atomic E-state index is 12.9. The molecule has 4 rings (SSSR count). The number of aldehydes is 1. The number of aromatic hydroxyl groups is 1. The standard InChI is InChI=1S/C22H25FN4O7/c1-32-13-5-18(29)14(9-28)19(6-13)33-10-21(30)25-20-8-16(26-27-20)11-2-3-12(4-11)34-22(31)24-17-7-15(17)23/h5-6,8-9,11-12,15,17,29H,2-4,7,10H2,1H3,(H,24,31)(H2,25,26,27,30)/t11-,12+,15-,17+/m0/s1. The first-order chi connectivity index (χ1) is 16.4. The molecule has 2 amide bonds. The van der Waals surface area contributed by atoms with E-state index in [1.165, 1.54) is 19.2 Å². The SMILES string of the molecule is COc1cc(O)c(C=O)c(OCC(=O)Nc2cc([C@H]3CC[C@@H](OC(=O)N[C@@H]4C[C@@H]4F)C3)[nH]n2)c1. The van der Waals surface area contributed by atoms with Crippen LogP contribution < -0.4 is 20.1 Å². The summed E-state index contributed by atoms with van der Waals surface area (Å²) in [6.45, 7) is -0.426. The number of carbonyl (C=O) groups excluding carboxylic acids is 3. The number of hydrogen-bond donors (Lipinski definition) is 4. The Balaban J connectivity index is 1.26. The number of phenols is 1. The normalized spacial score (nSPS) is 23.1. The Labute approximate surface area is 194 Å². The summed E-state index contributed by atoms with van der Waals surface area (Å²) < 4.78 is 28.7. The fourth-order valence-electron chi connectivity index (χ4n) is 3.85. The molecule has 0 spiro atoms. The quantitative estimate of drug-likeness (QED) is 0.403. The molecule has 0 aliphatic heterocycles. The molecule has 182 valence electrons. The average Bonchev–Trinajstić information content (AvgIpc) is 3.18. The molecule has 2 saturated carbocycles. The number of nitrogens with one attached hydrogen (secondary N) is 3. The number of anilines is 1. The average molecular weight is 476 g/mol. The summed E-state index contributed by atoms with van der Waals surface area (Å²) in [5.41, 5.74) is 0.693. The van der Waals surface area contributed by atoms with E-state index >= 15 is 0 Å². The van der Waals surface area contributed by atoms with Crippen molar-refractivity contribution in [3.05, 3.63) is 29.5 Å². The number of benzene rings is 1. The van der Waals surface area contributed by atoms with Crippen molar-refractivity contribution >= 4 is 24.1 Å². The van der Waals surface area contributed by atoms with Crippen LogP contribution in [0.2, 0.25) is 0 Å². The fourth-order valence-corrected chi connectivity index (χ4v) is 3.85. The van der Waals surface area contributed by atoms with Gasteiger partial charge in [0.2, 0.25) is 0 Å². The molecule has 0 bridgehead atoms. The van der Waals surface area contributed by atoms with Crippen LogP contribution in [-0.2, 0) is 9.53 Å². The third-order valence-corrected chi connectivity index (χ3v) is 5.79. The first kappa shape index (κ1) is 23.3. The fraction of sp³-hybridized carbons (Fsp3) is 0.455. The second-order valence-electron chi connectivity index (χ2n) is 8.26. The third kappa shape index (κ3) is 5.56. The van der Waals surface area contributed by atoms with Gasteiger partial charge in [0.15, 0.2) is 18.7 Å². The van der Waals surface area contributed by atoms with Crippen molar-refractivity contribution < 1.29 is 38.1 Å². The molecule has 1 aromatic carbocycles. The van der Waals surface area contributed by atoms with Crippen LogP contribution in [0.3, 0.4) is 0 Å². The van der Waals surface area contributed by atoms with E-state index in [2.05, 4.69) is 20.8 Å². The molecule has 0 unspecified atom stereocenters. The van der Waals surface area contributed by atoms with Gasteiger partial charge in [0.05, 0.1) is 18.7 Å². The molecule has 2 aliphatic rings. The molecular weight excluding hydrogens is 451 g/mol. The summed E-state index contributed by atoms with van der Waals surface area (Å²) in [5, 5.41) is 21.9. The molecule has 1 heterocycles. The Morgan fingerprint density at radius 2 is 2.09 bits per heavy atom. The van der Waals surface area contributed by atoms with Gasteiger partial charge in [0, 0.05) is 36.2 Å². The van der Waals surface area contributed by atoms with Crippen molar-refractivity contribution in [3.8, 4) is 17.2 Å². The number of alkyl halides is 1. The van der Waals surface area contributed by atoms with E-state index in [0.29, 0.717) is 25.5 Å². The number of ether oxygens (including phenoxy) is 3. The van der Waals surface area contributed by atoms with Crippen molar-refractivity contribution in [2.24, 2.45) is 0 Å². The zero-order chi connectivity index (χ0) is 24.2. The number of H-pyrrole nitrogens is 1. The van der Waals surface area contributed by atoms with E-state index in [9.17, 15) is 23.9 Å². The van der Waals surface area contributed by atoms with Crippen molar-refractivity contribution in [2.45, 2.75) is 49.9 Å². The van der Waals surface area contributed by atoms with Crippen LogP contribution >= 0.6 is 0 Å². The Kier molecular flexibility index (Phi) is 6.85. The van der Waals surface area contributed by atoms with E-state index in [0.717, 1.165) is 12.1 Å². The third-order valence-electron chi connectivity index (χ3n) is 5.79. The van der Waals surface area contributed by atoms with E-state index in [-0.39, 0.29) is 40.7 Å². The van der Waals surface area contributed by atoms with Crippen LogP contribution in [0, 0.1) is 0 Å². The Morgan fingerprint density at radius 3 is 2.79 bits per heavy atom. The summed E-state index contributed by atoms with van der Waals surface area (Å²) in [6, 6.07) is 3.91. The number of rotatable bonds is 9. The molecule has 2 aliphatic carbocycles. The lowest BCUT2D eigenvalue weighted by molar-refractivity contribution is -0.118. The second-order valence-corrected chi connectivity index (χ2v) is 8.26. The maximum absolute atomic E-state index is 12.9. The summed E-state index contributed by atoms with van der Waals surface area (Å²) in [6.07, 6.45) is 0.914. The van der Waals surface area contributed by atoms with Gasteiger partial charge in [-0.05, 0) is 19.3 Å². The lowest BCUT2D eigenvalue weighted by Crippen LogP contribution is -2.30. The first-order valence-electron chi connectivity index (χ1n) is 10.8. The second kappa shape index (κ2) is 9.98. The number of carbonyl (C=O) groups is 3. The van der Waals surface area contributed by atoms with Crippen molar-refractivity contribution in [3.63, 3.8) is 0 Å². The number of aromatic amines is 1. The summed E-state index contributed by atoms with van der Waals surface area (Å²) in [7, 11) is 1.39. The molecule has 12 heteroatoms. The van der Waals surface area contributed by atoms with E-state index < -0.39 is 30.8 Å². The number of nitrogens with zero attached hydrogens (tertiary/aromatic N) is 1. The number of phenolic OH excluding ortho intramolecular Hbond substituents is 1. The maximum Gasteiger partial charge on any atom is 0.407 e. The molecule has 2 fully saturated rings. The van der Waals surface area contributed by atoms with Crippen molar-refractivity contribution in [1.82, 2.24) is 15.5 Å². The van der Waals surface area contributed by atoms with Gasteiger partial charge in [-0.3, -0.25) is 14.7 Å². The monoisotopic (exact) mass is 476 g/mol. The zero-order valence-corrected chi connectivity index (χ0v) is 18.4. The van der Waals surface area contributed by atoms with Crippen molar-refractivity contribution in [1.29, 1.82) is 0 Å². The molecule has 4 atom stereocenters. The number of hydrogen-bond acceptors (Lipinski definition) is 8. The minimum absolute atomic E-state index is 0.00877. The summed E-state index contributed by atoms with van der Waals surface area (Å²) in [4.78, 5) is 35.3. The predicted octanol–water partition coefficient (Wildman–Crippen LogP) is 2.43. The van der Waals surface area contributed by atoms with Gasteiger partial charge < -0.3 is 30.0 Å². The Morgan fingerprint density at radius 1 is 1.29 bits per heavy atom. The molecule has 0 saturated heterocycles. The summed E-state index contributed by atoms with van der Waals surface area (Å²) >= 11 is 0. The highest BCUT2D eigenvalue weighted by atomic mass is 19.1. The Hall–Kier alpha value is -3.83. The lowest BCUT2D eigenvalue weighted by atomic mass is 10.0. The van der Waals surface area contributed by atoms with Crippen LogP contribution in [0.25, 0.3) is 0 Å². The number of halogens is 1. The number of alkyl carbamates (subject to hydrolysis) is 1. The van der Waals surface area contributed by atoms with E-state index in [1.807, 2.05) is 0 Å².